The lowest BCUT2D eigenvalue weighted by Gasteiger charge is -2.34. The first-order chi connectivity index (χ1) is 19.4. The van der Waals surface area contributed by atoms with Gasteiger partial charge in [0.15, 0.2) is 0 Å². The number of anilines is 1. The number of benzene rings is 2. The smallest absolute Gasteiger partial charge is 0.246 e. The highest BCUT2D eigenvalue weighted by molar-refractivity contribution is 6.02. The van der Waals surface area contributed by atoms with Gasteiger partial charge in [-0.15, -0.1) is 0 Å². The van der Waals surface area contributed by atoms with Gasteiger partial charge in [0.2, 0.25) is 17.7 Å². The molecule has 2 bridgehead atoms. The SMILES string of the molecule is CCOc1ccc(NC(=O)C2C3C=CC4(O3)C2C(=O)N(Cc2ccc(C)cc2)C4C(=O)NC2CCCCC2)cc1. The minimum atomic E-state index is -1.17. The van der Waals surface area contributed by atoms with Crippen molar-refractivity contribution in [3.8, 4) is 5.75 Å². The number of hydrogen-bond acceptors (Lipinski definition) is 5. The Balaban J connectivity index is 1.29. The molecule has 210 valence electrons. The second-order valence-electron chi connectivity index (χ2n) is 11.4. The van der Waals surface area contributed by atoms with Crippen LogP contribution < -0.4 is 15.4 Å². The van der Waals surface area contributed by atoms with Gasteiger partial charge in [0.25, 0.3) is 0 Å². The number of rotatable bonds is 8. The Morgan fingerprint density at radius 3 is 2.45 bits per heavy atom. The molecule has 1 aliphatic carbocycles. The maximum absolute atomic E-state index is 14.2. The van der Waals surface area contributed by atoms with Gasteiger partial charge < -0.3 is 25.0 Å². The fourth-order valence-electron chi connectivity index (χ4n) is 6.88. The minimum Gasteiger partial charge on any atom is -0.494 e. The van der Waals surface area contributed by atoms with Crippen LogP contribution in [0, 0.1) is 18.8 Å². The number of nitrogens with zero attached hydrogens (tertiary/aromatic N) is 1. The Hall–Kier alpha value is -3.65. The van der Waals surface area contributed by atoms with Crippen LogP contribution >= 0.6 is 0 Å². The van der Waals surface area contributed by atoms with Gasteiger partial charge in [-0.05, 0) is 56.5 Å². The maximum Gasteiger partial charge on any atom is 0.246 e. The molecule has 4 aliphatic rings. The van der Waals surface area contributed by atoms with E-state index in [0.717, 1.165) is 42.6 Å². The average molecular weight is 544 g/mol. The van der Waals surface area contributed by atoms with Crippen LogP contribution in [0.25, 0.3) is 0 Å². The monoisotopic (exact) mass is 543 g/mol. The maximum atomic E-state index is 14.2. The lowest BCUT2D eigenvalue weighted by atomic mass is 9.74. The molecule has 3 heterocycles. The molecule has 40 heavy (non-hydrogen) atoms. The van der Waals surface area contributed by atoms with Gasteiger partial charge in [-0.1, -0.05) is 61.2 Å². The van der Waals surface area contributed by atoms with E-state index in [1.165, 1.54) is 6.42 Å². The van der Waals surface area contributed by atoms with Crippen molar-refractivity contribution in [2.24, 2.45) is 11.8 Å². The molecule has 2 aromatic rings. The van der Waals surface area contributed by atoms with Crippen LogP contribution in [0.4, 0.5) is 5.69 Å². The van der Waals surface area contributed by atoms with Crippen molar-refractivity contribution in [3.05, 3.63) is 71.8 Å². The standard InChI is InChI=1S/C32H37N3O5/c1-3-39-24-15-13-23(14-16-24)33-29(36)26-25-17-18-32(40-25)27(26)31(38)35(19-21-11-9-20(2)10-12-21)28(32)30(37)34-22-7-5-4-6-8-22/h9-18,22,25-28H,3-8,19H2,1-2H3,(H,33,36)(H,34,37). The number of likely N-dealkylation sites (tertiary alicyclic amines) is 1. The van der Waals surface area contributed by atoms with Gasteiger partial charge >= 0.3 is 0 Å². The van der Waals surface area contributed by atoms with E-state index < -0.39 is 29.6 Å². The third kappa shape index (κ3) is 4.68. The molecule has 0 aromatic heterocycles. The van der Waals surface area contributed by atoms with E-state index in [-0.39, 0.29) is 30.3 Å². The largest absolute Gasteiger partial charge is 0.494 e. The summed E-state index contributed by atoms with van der Waals surface area (Å²) >= 11 is 0. The number of hydrogen-bond donors (Lipinski definition) is 2. The average Bonchev–Trinajstić information content (AvgIpc) is 3.59. The highest BCUT2D eigenvalue weighted by Gasteiger charge is 2.72. The molecule has 3 fully saturated rings. The lowest BCUT2D eigenvalue weighted by molar-refractivity contribution is -0.142. The third-order valence-electron chi connectivity index (χ3n) is 8.78. The fraction of sp³-hybridized carbons (Fsp3) is 0.469. The Labute approximate surface area is 235 Å². The normalized spacial score (nSPS) is 28.9. The summed E-state index contributed by atoms with van der Waals surface area (Å²) in [6.07, 6.45) is 8.37. The van der Waals surface area contributed by atoms with E-state index in [1.807, 2.05) is 50.3 Å². The third-order valence-corrected chi connectivity index (χ3v) is 8.78. The highest BCUT2D eigenvalue weighted by atomic mass is 16.5. The summed E-state index contributed by atoms with van der Waals surface area (Å²) in [4.78, 5) is 43.4. The molecule has 2 aromatic carbocycles. The predicted octanol–water partition coefficient (Wildman–Crippen LogP) is 4.13. The summed E-state index contributed by atoms with van der Waals surface area (Å²) in [5.41, 5.74) is 1.49. The van der Waals surface area contributed by atoms with E-state index in [2.05, 4.69) is 10.6 Å². The fourth-order valence-corrected chi connectivity index (χ4v) is 6.88. The van der Waals surface area contributed by atoms with Crippen molar-refractivity contribution in [3.63, 3.8) is 0 Å². The highest BCUT2D eigenvalue weighted by Crippen LogP contribution is 2.55. The van der Waals surface area contributed by atoms with Crippen LogP contribution in [0.15, 0.2) is 60.7 Å². The molecule has 2 saturated heterocycles. The molecule has 1 spiro atoms. The van der Waals surface area contributed by atoms with E-state index in [0.29, 0.717) is 12.3 Å². The van der Waals surface area contributed by atoms with Crippen molar-refractivity contribution in [1.29, 1.82) is 0 Å². The molecule has 5 atom stereocenters. The predicted molar refractivity (Wildman–Crippen MR) is 150 cm³/mol. The van der Waals surface area contributed by atoms with Gasteiger partial charge in [0.05, 0.1) is 24.5 Å². The molecule has 1 saturated carbocycles. The zero-order chi connectivity index (χ0) is 27.9. The second kappa shape index (κ2) is 10.7. The summed E-state index contributed by atoms with van der Waals surface area (Å²) in [5.74, 6) is -1.51. The van der Waals surface area contributed by atoms with Gasteiger partial charge in [-0.2, -0.15) is 0 Å². The van der Waals surface area contributed by atoms with Crippen molar-refractivity contribution in [2.45, 2.75) is 76.3 Å². The molecule has 6 rings (SSSR count). The first-order valence-electron chi connectivity index (χ1n) is 14.5. The first kappa shape index (κ1) is 26.6. The van der Waals surface area contributed by atoms with Crippen LogP contribution in [0.1, 0.15) is 50.2 Å². The topological polar surface area (TPSA) is 97.0 Å². The Morgan fingerprint density at radius 1 is 1.02 bits per heavy atom. The van der Waals surface area contributed by atoms with Crippen molar-refractivity contribution >= 4 is 23.4 Å². The van der Waals surface area contributed by atoms with Crippen LogP contribution in [0.3, 0.4) is 0 Å². The van der Waals surface area contributed by atoms with Crippen molar-refractivity contribution < 1.29 is 23.9 Å². The zero-order valence-corrected chi connectivity index (χ0v) is 23.1. The molecule has 3 aliphatic heterocycles. The summed E-state index contributed by atoms with van der Waals surface area (Å²) < 4.78 is 12.0. The molecular formula is C32H37N3O5. The van der Waals surface area contributed by atoms with E-state index in [1.54, 1.807) is 29.2 Å². The van der Waals surface area contributed by atoms with E-state index >= 15 is 0 Å². The van der Waals surface area contributed by atoms with E-state index in [4.69, 9.17) is 9.47 Å². The number of ether oxygens (including phenoxy) is 2. The molecule has 2 N–H and O–H groups in total. The number of nitrogens with one attached hydrogen (secondary N) is 2. The van der Waals surface area contributed by atoms with Crippen LogP contribution in [-0.4, -0.2) is 53.0 Å². The summed E-state index contributed by atoms with van der Waals surface area (Å²) in [7, 11) is 0. The number of amides is 3. The second-order valence-corrected chi connectivity index (χ2v) is 11.4. The van der Waals surface area contributed by atoms with Gasteiger partial charge in [0.1, 0.15) is 17.4 Å². The van der Waals surface area contributed by atoms with Crippen molar-refractivity contribution in [1.82, 2.24) is 10.2 Å². The number of fused-ring (bicyclic) bond motifs is 1. The quantitative estimate of drug-likeness (QED) is 0.488. The van der Waals surface area contributed by atoms with Gasteiger partial charge in [-0.3, -0.25) is 14.4 Å². The molecule has 5 unspecified atom stereocenters. The summed E-state index contributed by atoms with van der Waals surface area (Å²) in [6.45, 7) is 4.76. The van der Waals surface area contributed by atoms with Crippen LogP contribution in [-0.2, 0) is 25.7 Å². The molecule has 0 radical (unpaired) electrons. The molecule has 8 nitrogen and oxygen atoms in total. The molecular weight excluding hydrogens is 506 g/mol. The number of aryl methyl sites for hydroxylation is 1. The first-order valence-corrected chi connectivity index (χ1v) is 14.5. The van der Waals surface area contributed by atoms with Crippen LogP contribution in [0.5, 0.6) is 5.75 Å². The minimum absolute atomic E-state index is 0.0920. The Bertz CT molecular complexity index is 1300. The number of carbonyl (C=O) groups excluding carboxylic acids is 3. The molecule has 8 heteroatoms. The summed E-state index contributed by atoms with van der Waals surface area (Å²) in [5, 5.41) is 6.21. The molecule has 3 amide bonds. The Kier molecular flexibility index (Phi) is 7.13. The summed E-state index contributed by atoms with van der Waals surface area (Å²) in [6, 6.07) is 14.4. The van der Waals surface area contributed by atoms with Gasteiger partial charge in [0, 0.05) is 18.3 Å². The zero-order valence-electron chi connectivity index (χ0n) is 23.1. The van der Waals surface area contributed by atoms with Gasteiger partial charge in [-0.25, -0.2) is 0 Å². The van der Waals surface area contributed by atoms with Crippen LogP contribution in [0.2, 0.25) is 0 Å². The number of carbonyl (C=O) groups is 3. The van der Waals surface area contributed by atoms with Crippen molar-refractivity contribution in [2.75, 3.05) is 11.9 Å². The Morgan fingerprint density at radius 2 is 1.75 bits per heavy atom. The van der Waals surface area contributed by atoms with E-state index in [9.17, 15) is 14.4 Å². The lowest BCUT2D eigenvalue weighted by Crippen LogP contribution is -2.56.